The fourth-order valence-electron chi connectivity index (χ4n) is 6.93. The van der Waals surface area contributed by atoms with Crippen molar-refractivity contribution < 1.29 is 4.79 Å². The van der Waals surface area contributed by atoms with Crippen molar-refractivity contribution in [2.24, 2.45) is 35.3 Å². The summed E-state index contributed by atoms with van der Waals surface area (Å²) in [5.41, 5.74) is 7.57. The summed E-state index contributed by atoms with van der Waals surface area (Å²) in [7, 11) is 0. The standard InChI is InChI=1S/C25H39N3OS/c1-17-12-25(29)28(24-13-22(27)10-11-23(17)24)14-18-2-6-20(7-3-18)21-8-4-19(5-9-21)15-30-16-26/h12,18-24H,2-11,13-15,27H2,1H3. The van der Waals surface area contributed by atoms with Gasteiger partial charge in [-0.25, -0.2) is 0 Å². The Balaban J connectivity index is 1.27. The third-order valence-corrected chi connectivity index (χ3v) is 9.53. The molecule has 1 amide bonds. The number of fused-ring (bicyclic) bond motifs is 1. The zero-order valence-corrected chi connectivity index (χ0v) is 19.4. The molecule has 4 rings (SSSR count). The van der Waals surface area contributed by atoms with Gasteiger partial charge in [0.15, 0.2) is 0 Å². The van der Waals surface area contributed by atoms with Crippen molar-refractivity contribution in [2.45, 2.75) is 89.6 Å². The van der Waals surface area contributed by atoms with Gasteiger partial charge in [0.25, 0.3) is 0 Å². The Bertz CT molecular complexity index is 670. The van der Waals surface area contributed by atoms with Crippen molar-refractivity contribution in [3.05, 3.63) is 11.6 Å². The molecule has 4 aliphatic rings. The Hall–Kier alpha value is -0.990. The molecule has 0 aromatic heterocycles. The van der Waals surface area contributed by atoms with E-state index in [0.717, 1.165) is 49.3 Å². The summed E-state index contributed by atoms with van der Waals surface area (Å²) in [4.78, 5) is 15.1. The van der Waals surface area contributed by atoms with Gasteiger partial charge in [0.1, 0.15) is 5.40 Å². The molecule has 3 atom stereocenters. The summed E-state index contributed by atoms with van der Waals surface area (Å²) < 4.78 is 0. The molecule has 4 nitrogen and oxygen atoms in total. The number of nitrogens with two attached hydrogens (primary N) is 1. The molecule has 1 aliphatic heterocycles. The highest BCUT2D eigenvalue weighted by molar-refractivity contribution is 8.03. The summed E-state index contributed by atoms with van der Waals surface area (Å²) in [5.74, 6) is 5.02. The molecule has 0 spiro atoms. The first-order valence-corrected chi connectivity index (χ1v) is 13.3. The molecule has 0 radical (unpaired) electrons. The maximum atomic E-state index is 12.8. The van der Waals surface area contributed by atoms with Crippen LogP contribution < -0.4 is 5.73 Å². The molecule has 3 fully saturated rings. The molecular weight excluding hydrogens is 390 g/mol. The third kappa shape index (κ3) is 5.07. The molecule has 3 saturated carbocycles. The first-order chi connectivity index (χ1) is 14.5. The first kappa shape index (κ1) is 22.2. The zero-order valence-electron chi connectivity index (χ0n) is 18.6. The molecule has 30 heavy (non-hydrogen) atoms. The number of carbonyl (C=O) groups is 1. The summed E-state index contributed by atoms with van der Waals surface area (Å²) in [5, 5.41) is 11.0. The van der Waals surface area contributed by atoms with Gasteiger partial charge in [-0.3, -0.25) is 4.79 Å². The van der Waals surface area contributed by atoms with E-state index in [4.69, 9.17) is 11.0 Å². The van der Waals surface area contributed by atoms with Gasteiger partial charge in [-0.2, -0.15) is 5.26 Å². The lowest BCUT2D eigenvalue weighted by Gasteiger charge is -2.47. The highest BCUT2D eigenvalue weighted by Gasteiger charge is 2.40. The van der Waals surface area contributed by atoms with Crippen molar-refractivity contribution in [3.63, 3.8) is 0 Å². The van der Waals surface area contributed by atoms with Gasteiger partial charge in [-0.1, -0.05) is 5.57 Å². The van der Waals surface area contributed by atoms with Gasteiger partial charge >= 0.3 is 0 Å². The lowest BCUT2D eigenvalue weighted by Crippen LogP contribution is -2.54. The highest BCUT2D eigenvalue weighted by Crippen LogP contribution is 2.43. The number of amides is 1. The molecule has 1 heterocycles. The van der Waals surface area contributed by atoms with Crippen molar-refractivity contribution in [3.8, 4) is 5.40 Å². The Kier molecular flexibility index (Phi) is 7.47. The Morgan fingerprint density at radius 2 is 1.67 bits per heavy atom. The number of carbonyl (C=O) groups excluding carboxylic acids is 1. The zero-order chi connectivity index (χ0) is 21.1. The van der Waals surface area contributed by atoms with Crippen LogP contribution in [-0.2, 0) is 4.79 Å². The summed E-state index contributed by atoms with van der Waals surface area (Å²) in [6.45, 7) is 3.09. The van der Waals surface area contributed by atoms with Crippen molar-refractivity contribution in [1.82, 2.24) is 4.90 Å². The Labute approximate surface area is 187 Å². The van der Waals surface area contributed by atoms with Crippen molar-refractivity contribution in [1.29, 1.82) is 5.26 Å². The summed E-state index contributed by atoms with van der Waals surface area (Å²) in [6, 6.07) is 0.593. The highest BCUT2D eigenvalue weighted by atomic mass is 32.2. The molecule has 3 unspecified atom stereocenters. The van der Waals surface area contributed by atoms with Gasteiger partial charge in [-0.15, -0.1) is 0 Å². The van der Waals surface area contributed by atoms with E-state index < -0.39 is 0 Å². The molecule has 166 valence electrons. The third-order valence-electron chi connectivity index (χ3n) is 8.76. The predicted molar refractivity (Wildman–Crippen MR) is 124 cm³/mol. The maximum Gasteiger partial charge on any atom is 0.246 e. The molecule has 0 bridgehead atoms. The summed E-state index contributed by atoms with van der Waals surface area (Å²) >= 11 is 1.44. The van der Waals surface area contributed by atoms with Gasteiger partial charge in [-0.05, 0) is 113 Å². The van der Waals surface area contributed by atoms with Crippen LogP contribution in [0.3, 0.4) is 0 Å². The normalized spacial score (nSPS) is 39.8. The quantitative estimate of drug-likeness (QED) is 0.617. The maximum absolute atomic E-state index is 12.8. The monoisotopic (exact) mass is 429 g/mol. The number of hydrogen-bond acceptors (Lipinski definition) is 4. The van der Waals surface area contributed by atoms with E-state index in [0.29, 0.717) is 17.9 Å². The van der Waals surface area contributed by atoms with E-state index in [1.165, 1.54) is 68.7 Å². The average Bonchev–Trinajstić information content (AvgIpc) is 2.76. The topological polar surface area (TPSA) is 70.1 Å². The van der Waals surface area contributed by atoms with E-state index in [-0.39, 0.29) is 11.9 Å². The second-order valence-electron chi connectivity index (χ2n) is 10.6. The summed E-state index contributed by atoms with van der Waals surface area (Å²) in [6.07, 6.45) is 15.7. The molecule has 2 N–H and O–H groups in total. The Morgan fingerprint density at radius 1 is 1.03 bits per heavy atom. The number of thiocyanates is 1. The molecule has 3 aliphatic carbocycles. The van der Waals surface area contributed by atoms with E-state index in [2.05, 4.69) is 17.2 Å². The van der Waals surface area contributed by atoms with Crippen LogP contribution in [0.15, 0.2) is 11.6 Å². The van der Waals surface area contributed by atoms with Gasteiger partial charge < -0.3 is 10.6 Å². The number of rotatable bonds is 5. The van der Waals surface area contributed by atoms with Gasteiger partial charge in [0.2, 0.25) is 5.91 Å². The number of thioether (sulfide) groups is 1. The van der Waals surface area contributed by atoms with Crippen LogP contribution >= 0.6 is 11.8 Å². The number of hydrogen-bond donors (Lipinski definition) is 1. The predicted octanol–water partition coefficient (Wildman–Crippen LogP) is 5.10. The van der Waals surface area contributed by atoms with E-state index in [9.17, 15) is 4.79 Å². The molecule has 0 aromatic carbocycles. The SMILES string of the molecule is CC1=CC(=O)N(CC2CCC(C3CCC(CSC#N)CC3)CC2)C2CC(N)CCC12. The minimum absolute atomic E-state index is 0.235. The molecule has 0 aromatic rings. The number of nitrogens with zero attached hydrogens (tertiary/aromatic N) is 2. The van der Waals surface area contributed by atoms with Gasteiger partial charge in [0.05, 0.1) is 0 Å². The Morgan fingerprint density at radius 3 is 2.30 bits per heavy atom. The fraction of sp³-hybridized carbons (Fsp3) is 0.840. The van der Waals surface area contributed by atoms with Crippen LogP contribution in [0.5, 0.6) is 0 Å². The van der Waals surface area contributed by atoms with Crippen LogP contribution in [0, 0.1) is 40.3 Å². The first-order valence-electron chi connectivity index (χ1n) is 12.3. The molecule has 0 saturated heterocycles. The smallest absolute Gasteiger partial charge is 0.246 e. The molecule has 5 heteroatoms. The van der Waals surface area contributed by atoms with Crippen LogP contribution in [-0.4, -0.2) is 35.2 Å². The average molecular weight is 430 g/mol. The van der Waals surface area contributed by atoms with Crippen LogP contribution in [0.4, 0.5) is 0 Å². The minimum Gasteiger partial charge on any atom is -0.335 e. The van der Waals surface area contributed by atoms with Crippen molar-refractivity contribution in [2.75, 3.05) is 12.3 Å². The molecular formula is C25H39N3OS. The second kappa shape index (κ2) is 10.1. The van der Waals surface area contributed by atoms with E-state index >= 15 is 0 Å². The van der Waals surface area contributed by atoms with Crippen molar-refractivity contribution >= 4 is 17.7 Å². The van der Waals surface area contributed by atoms with Crippen LogP contribution in [0.2, 0.25) is 0 Å². The largest absolute Gasteiger partial charge is 0.335 e. The minimum atomic E-state index is 0.235. The lowest BCUT2D eigenvalue weighted by molar-refractivity contribution is -0.132. The van der Waals surface area contributed by atoms with E-state index in [1.807, 2.05) is 6.08 Å². The second-order valence-corrected chi connectivity index (χ2v) is 11.4. The lowest BCUT2D eigenvalue weighted by atomic mass is 9.69. The van der Waals surface area contributed by atoms with E-state index in [1.54, 1.807) is 0 Å². The number of nitriles is 1. The van der Waals surface area contributed by atoms with Crippen LogP contribution in [0.25, 0.3) is 0 Å². The fourth-order valence-corrected chi connectivity index (χ4v) is 7.57. The van der Waals surface area contributed by atoms with Gasteiger partial charge in [0, 0.05) is 36.4 Å². The van der Waals surface area contributed by atoms with Crippen LogP contribution in [0.1, 0.15) is 77.6 Å².